The van der Waals surface area contributed by atoms with Crippen LogP contribution in [0.2, 0.25) is 12.1 Å². The lowest BCUT2D eigenvalue weighted by Crippen LogP contribution is -2.01. The van der Waals surface area contributed by atoms with Crippen molar-refractivity contribution in [3.8, 4) is 0 Å². The highest BCUT2D eigenvalue weighted by molar-refractivity contribution is 6.69. The van der Waals surface area contributed by atoms with Crippen molar-refractivity contribution in [1.82, 2.24) is 0 Å². The lowest BCUT2D eigenvalue weighted by Gasteiger charge is -2.01. The Morgan fingerprint density at radius 2 is 1.00 bits per heavy atom. The lowest BCUT2D eigenvalue weighted by molar-refractivity contribution is 0.698. The molecule has 0 aliphatic rings. The summed E-state index contributed by atoms with van der Waals surface area (Å²) >= 11 is 22.5. The molecule has 0 aromatic rings. The van der Waals surface area contributed by atoms with E-state index >= 15 is 0 Å². The van der Waals surface area contributed by atoms with Crippen molar-refractivity contribution in [1.29, 1.82) is 0 Å². The predicted molar refractivity (Wildman–Crippen MR) is 70.6 cm³/mol. The van der Waals surface area contributed by atoms with Crippen LogP contribution in [0.15, 0.2) is 0 Å². The number of hydrogen-bond donors (Lipinski definition) is 0. The standard InChI is InChI=1S/C8H14Cl4Si2/c9-7(10)13-5-3-1-2-4-6-14-8(11)12/h7-8H,1-6H2. The minimum atomic E-state index is -0.162. The molecule has 0 saturated heterocycles. The molecule has 0 spiro atoms. The number of rotatable bonds is 9. The van der Waals surface area contributed by atoms with E-state index in [4.69, 9.17) is 46.4 Å². The van der Waals surface area contributed by atoms with Gasteiger partial charge in [0.25, 0.3) is 0 Å². The Labute approximate surface area is 112 Å². The van der Waals surface area contributed by atoms with E-state index in [9.17, 15) is 0 Å². The van der Waals surface area contributed by atoms with E-state index in [1.165, 1.54) is 25.7 Å². The first-order valence-corrected chi connectivity index (χ1v) is 8.97. The predicted octanol–water partition coefficient (Wildman–Crippen LogP) is 4.31. The molecule has 82 valence electrons. The monoisotopic (exact) mass is 306 g/mol. The van der Waals surface area contributed by atoms with E-state index < -0.39 is 0 Å². The summed E-state index contributed by atoms with van der Waals surface area (Å²) in [6.07, 6.45) is 5.02. The molecule has 0 N–H and O–H groups in total. The Hall–Kier alpha value is 1.59. The Kier molecular flexibility index (Phi) is 12.4. The van der Waals surface area contributed by atoms with Crippen LogP contribution >= 0.6 is 46.4 Å². The molecule has 0 fully saturated rings. The van der Waals surface area contributed by atoms with Gasteiger partial charge in [-0.05, 0) is 0 Å². The molecule has 0 aliphatic heterocycles. The van der Waals surface area contributed by atoms with Crippen molar-refractivity contribution in [3.05, 3.63) is 0 Å². The van der Waals surface area contributed by atoms with Gasteiger partial charge in [-0.15, -0.1) is 46.4 Å². The van der Waals surface area contributed by atoms with Crippen LogP contribution in [-0.4, -0.2) is 28.0 Å². The molecule has 0 nitrogen and oxygen atoms in total. The van der Waals surface area contributed by atoms with Crippen molar-refractivity contribution < 1.29 is 0 Å². The second-order valence-corrected chi connectivity index (χ2v) is 9.55. The summed E-state index contributed by atoms with van der Waals surface area (Å²) in [5, 5.41) is 0. The third-order valence-electron chi connectivity index (χ3n) is 1.70. The fourth-order valence-electron chi connectivity index (χ4n) is 1.03. The van der Waals surface area contributed by atoms with Crippen molar-refractivity contribution in [2.75, 3.05) is 0 Å². The summed E-state index contributed by atoms with van der Waals surface area (Å²) in [4.78, 5) is 0. The molecule has 0 aliphatic carbocycles. The van der Waals surface area contributed by atoms with Gasteiger partial charge in [-0.3, -0.25) is 0 Å². The molecule has 6 heteroatoms. The lowest BCUT2D eigenvalue weighted by atomic mass is 10.2. The topological polar surface area (TPSA) is 0 Å². The van der Waals surface area contributed by atoms with E-state index in [2.05, 4.69) is 0 Å². The van der Waals surface area contributed by atoms with Crippen LogP contribution in [0.25, 0.3) is 0 Å². The molecule has 0 aromatic heterocycles. The first kappa shape index (κ1) is 15.6. The van der Waals surface area contributed by atoms with Crippen LogP contribution in [0.5, 0.6) is 0 Å². The van der Waals surface area contributed by atoms with Gasteiger partial charge in [0.1, 0.15) is 0 Å². The van der Waals surface area contributed by atoms with Crippen LogP contribution in [0, 0.1) is 0 Å². The second-order valence-electron chi connectivity index (χ2n) is 2.92. The molecule has 0 atom stereocenters. The second kappa shape index (κ2) is 11.1. The minimum absolute atomic E-state index is 0.162. The Balaban J connectivity index is 2.92. The third kappa shape index (κ3) is 13.6. The van der Waals surface area contributed by atoms with Gasteiger partial charge in [0.05, 0.1) is 28.0 Å². The van der Waals surface area contributed by atoms with Gasteiger partial charge < -0.3 is 0 Å². The van der Waals surface area contributed by atoms with E-state index in [1.54, 1.807) is 0 Å². The molecule has 0 rings (SSSR count). The molecule has 0 unspecified atom stereocenters. The number of alkyl halides is 4. The fourth-order valence-corrected chi connectivity index (χ4v) is 3.68. The Bertz CT molecular complexity index is 108. The van der Waals surface area contributed by atoms with Crippen molar-refractivity contribution in [3.63, 3.8) is 0 Å². The smallest absolute Gasteiger partial charge is 0.0929 e. The molecule has 0 bridgehead atoms. The Morgan fingerprint density at radius 1 is 0.643 bits per heavy atom. The van der Waals surface area contributed by atoms with Gasteiger partial charge in [-0.2, -0.15) is 0 Å². The zero-order chi connectivity index (χ0) is 10.8. The van der Waals surface area contributed by atoms with Crippen LogP contribution in [0.1, 0.15) is 25.7 Å². The van der Waals surface area contributed by atoms with Crippen LogP contribution in [0.4, 0.5) is 0 Å². The summed E-state index contributed by atoms with van der Waals surface area (Å²) in [7, 11) is 1.37. The number of unbranched alkanes of at least 4 members (excludes halogenated alkanes) is 3. The molecular formula is C8H14Cl4Si2. The van der Waals surface area contributed by atoms with Gasteiger partial charge in [0, 0.05) is 0 Å². The average Bonchev–Trinajstić information content (AvgIpc) is 2.08. The van der Waals surface area contributed by atoms with E-state index in [0.717, 1.165) is 12.1 Å². The molecule has 0 amide bonds. The first-order chi connectivity index (χ1) is 6.63. The maximum atomic E-state index is 5.62. The highest BCUT2D eigenvalue weighted by Gasteiger charge is 2.01. The number of halogens is 4. The van der Waals surface area contributed by atoms with Crippen molar-refractivity contribution in [2.45, 2.75) is 46.7 Å². The van der Waals surface area contributed by atoms with E-state index in [0.29, 0.717) is 19.0 Å². The Morgan fingerprint density at radius 3 is 1.29 bits per heavy atom. The molecular weight excluding hydrogens is 294 g/mol. The molecule has 0 aromatic carbocycles. The highest BCUT2D eigenvalue weighted by Crippen LogP contribution is 2.10. The van der Waals surface area contributed by atoms with E-state index in [1.807, 2.05) is 0 Å². The van der Waals surface area contributed by atoms with Gasteiger partial charge in [0.15, 0.2) is 0 Å². The summed E-state index contributed by atoms with van der Waals surface area (Å²) in [6, 6.07) is 2.32. The minimum Gasteiger partial charge on any atom is -0.110 e. The number of hydrogen-bond acceptors (Lipinski definition) is 0. The summed E-state index contributed by atoms with van der Waals surface area (Å²) in [6.45, 7) is 0. The molecule has 0 heterocycles. The third-order valence-corrected chi connectivity index (χ3v) is 5.45. The quantitative estimate of drug-likeness (QED) is 0.338. The maximum absolute atomic E-state index is 5.62. The van der Waals surface area contributed by atoms with Crippen LogP contribution in [-0.2, 0) is 0 Å². The zero-order valence-electron chi connectivity index (χ0n) is 7.91. The first-order valence-electron chi connectivity index (χ1n) is 4.66. The highest BCUT2D eigenvalue weighted by atomic mass is 35.5. The SMILES string of the molecule is ClC(Cl)[Si]CCCCCC[Si]C(Cl)Cl. The maximum Gasteiger partial charge on any atom is 0.0929 e. The van der Waals surface area contributed by atoms with E-state index in [-0.39, 0.29) is 8.92 Å². The summed E-state index contributed by atoms with van der Waals surface area (Å²) < 4.78 is -0.325. The van der Waals surface area contributed by atoms with Crippen LogP contribution in [0.3, 0.4) is 0 Å². The molecule has 4 radical (unpaired) electrons. The van der Waals surface area contributed by atoms with Crippen LogP contribution < -0.4 is 0 Å². The van der Waals surface area contributed by atoms with Crippen molar-refractivity contribution >= 4 is 65.4 Å². The fraction of sp³-hybridized carbons (Fsp3) is 1.00. The zero-order valence-corrected chi connectivity index (χ0v) is 12.9. The normalized spacial score (nSPS) is 11.6. The summed E-state index contributed by atoms with van der Waals surface area (Å²) in [5.74, 6) is 0. The molecule has 0 saturated carbocycles. The van der Waals surface area contributed by atoms with Crippen molar-refractivity contribution in [2.24, 2.45) is 0 Å². The summed E-state index contributed by atoms with van der Waals surface area (Å²) in [5.41, 5.74) is 0. The van der Waals surface area contributed by atoms with Gasteiger partial charge in [-0.1, -0.05) is 37.8 Å². The molecule has 14 heavy (non-hydrogen) atoms. The average molecular weight is 308 g/mol. The van der Waals surface area contributed by atoms with Gasteiger partial charge >= 0.3 is 0 Å². The largest absolute Gasteiger partial charge is 0.110 e. The van der Waals surface area contributed by atoms with Gasteiger partial charge in [0.2, 0.25) is 0 Å². The van der Waals surface area contributed by atoms with Gasteiger partial charge in [-0.25, -0.2) is 0 Å².